The van der Waals surface area contributed by atoms with Gasteiger partial charge in [0.1, 0.15) is 11.5 Å². The molecule has 1 fully saturated rings. The summed E-state index contributed by atoms with van der Waals surface area (Å²) < 4.78 is 10.2. The largest absolute Gasteiger partial charge is 0.469 e. The number of methoxy groups -OCH3 is 1. The van der Waals surface area contributed by atoms with Gasteiger partial charge in [-0.1, -0.05) is 0 Å². The van der Waals surface area contributed by atoms with Crippen LogP contribution in [0.1, 0.15) is 37.4 Å². The van der Waals surface area contributed by atoms with Gasteiger partial charge in [0.25, 0.3) is 0 Å². The molecule has 2 atom stereocenters. The highest BCUT2D eigenvalue weighted by Gasteiger charge is 2.35. The molecule has 0 radical (unpaired) electrons. The van der Waals surface area contributed by atoms with Crippen molar-refractivity contribution in [3.63, 3.8) is 0 Å². The summed E-state index contributed by atoms with van der Waals surface area (Å²) >= 11 is 0. The summed E-state index contributed by atoms with van der Waals surface area (Å²) in [5.74, 6) is 0.208. The van der Waals surface area contributed by atoms with Crippen LogP contribution in [0.15, 0.2) is 22.8 Å². The van der Waals surface area contributed by atoms with E-state index in [4.69, 9.17) is 9.15 Å². The van der Waals surface area contributed by atoms with Crippen LogP contribution in [0.4, 0.5) is 0 Å². The maximum Gasteiger partial charge on any atom is 0.309 e. The van der Waals surface area contributed by atoms with Crippen LogP contribution in [-0.2, 0) is 14.3 Å². The predicted molar refractivity (Wildman–Crippen MR) is 60.4 cm³/mol. The first-order valence-electron chi connectivity index (χ1n) is 5.85. The smallest absolute Gasteiger partial charge is 0.309 e. The molecule has 0 spiro atoms. The number of Topliss-reactive ketones (excluding diaryl/α,β-unsaturated/α-hetero) is 1. The summed E-state index contributed by atoms with van der Waals surface area (Å²) in [6.45, 7) is 0. The molecule has 0 saturated heterocycles. The van der Waals surface area contributed by atoms with Crippen LogP contribution in [0.5, 0.6) is 0 Å². The first-order chi connectivity index (χ1) is 8.22. The molecule has 0 aliphatic heterocycles. The molecule has 1 aliphatic carbocycles. The number of ketones is 1. The zero-order chi connectivity index (χ0) is 12.3. The van der Waals surface area contributed by atoms with Gasteiger partial charge in [0.15, 0.2) is 0 Å². The zero-order valence-electron chi connectivity index (χ0n) is 9.85. The molecule has 92 valence electrons. The lowest BCUT2D eigenvalue weighted by Gasteiger charge is -2.20. The molecule has 4 heteroatoms. The van der Waals surface area contributed by atoms with Crippen molar-refractivity contribution in [3.05, 3.63) is 24.2 Å². The van der Waals surface area contributed by atoms with Gasteiger partial charge in [-0.25, -0.2) is 0 Å². The van der Waals surface area contributed by atoms with Crippen LogP contribution in [-0.4, -0.2) is 18.9 Å². The maximum atomic E-state index is 11.8. The lowest BCUT2D eigenvalue weighted by Crippen LogP contribution is -2.23. The van der Waals surface area contributed by atoms with Crippen LogP contribution in [0.25, 0.3) is 0 Å². The number of hydrogen-bond acceptors (Lipinski definition) is 4. The summed E-state index contributed by atoms with van der Waals surface area (Å²) in [5.41, 5.74) is 0. The molecular weight excluding hydrogens is 220 g/mol. The number of ether oxygens (including phenoxy) is 1. The van der Waals surface area contributed by atoms with Gasteiger partial charge in [-0.15, -0.1) is 0 Å². The van der Waals surface area contributed by atoms with Crippen molar-refractivity contribution in [3.8, 4) is 0 Å². The molecule has 1 saturated carbocycles. The Kier molecular flexibility index (Phi) is 3.61. The first-order valence-corrected chi connectivity index (χ1v) is 5.85. The molecule has 4 nitrogen and oxygen atoms in total. The van der Waals surface area contributed by atoms with Gasteiger partial charge >= 0.3 is 5.97 Å². The normalized spacial score (nSPS) is 25.4. The molecule has 0 aromatic carbocycles. The second-order valence-corrected chi connectivity index (χ2v) is 4.39. The molecule has 1 aromatic rings. The van der Waals surface area contributed by atoms with E-state index in [-0.39, 0.29) is 23.6 Å². The van der Waals surface area contributed by atoms with E-state index < -0.39 is 0 Å². The minimum Gasteiger partial charge on any atom is -0.469 e. The number of rotatable bonds is 2. The monoisotopic (exact) mass is 236 g/mol. The zero-order valence-corrected chi connectivity index (χ0v) is 9.85. The van der Waals surface area contributed by atoms with E-state index in [0.717, 1.165) is 6.42 Å². The fourth-order valence-electron chi connectivity index (χ4n) is 2.44. The van der Waals surface area contributed by atoms with E-state index in [0.29, 0.717) is 25.0 Å². The minimum absolute atomic E-state index is 0.174. The summed E-state index contributed by atoms with van der Waals surface area (Å²) in [6, 6.07) is 3.60. The Bertz CT molecular complexity index is 394. The molecule has 2 rings (SSSR count). The van der Waals surface area contributed by atoms with Crippen molar-refractivity contribution in [2.75, 3.05) is 7.11 Å². The van der Waals surface area contributed by atoms with Gasteiger partial charge in [-0.3, -0.25) is 9.59 Å². The average molecular weight is 236 g/mol. The fourth-order valence-corrected chi connectivity index (χ4v) is 2.44. The lowest BCUT2D eigenvalue weighted by atomic mass is 9.86. The number of furan rings is 1. The van der Waals surface area contributed by atoms with Crippen LogP contribution in [0.3, 0.4) is 0 Å². The van der Waals surface area contributed by atoms with Crippen molar-refractivity contribution in [2.24, 2.45) is 5.92 Å². The Morgan fingerprint density at radius 3 is 3.00 bits per heavy atom. The molecule has 0 amide bonds. The Morgan fingerprint density at radius 1 is 1.53 bits per heavy atom. The highest BCUT2D eigenvalue weighted by molar-refractivity contribution is 5.82. The average Bonchev–Trinajstić information content (AvgIpc) is 2.78. The number of esters is 1. The molecule has 0 bridgehead atoms. The lowest BCUT2D eigenvalue weighted by molar-refractivity contribution is -0.146. The van der Waals surface area contributed by atoms with Gasteiger partial charge in [0, 0.05) is 18.8 Å². The van der Waals surface area contributed by atoms with E-state index in [9.17, 15) is 9.59 Å². The highest BCUT2D eigenvalue weighted by atomic mass is 16.5. The Balaban J connectivity index is 2.26. The fraction of sp³-hybridized carbons (Fsp3) is 0.538. The van der Waals surface area contributed by atoms with E-state index in [1.165, 1.54) is 7.11 Å². The summed E-state index contributed by atoms with van der Waals surface area (Å²) in [5, 5.41) is 0. The Labute approximate surface area is 99.9 Å². The standard InChI is InChI=1S/C13H16O4/c1-16-13(15)10-5-2-4-9(14)8-11(10)12-6-3-7-17-12/h3,6-7,10-11H,2,4-5,8H2,1H3/t10-,11-/m0/s1. The molecule has 1 aromatic heterocycles. The van der Waals surface area contributed by atoms with Gasteiger partial charge in [0.05, 0.1) is 19.3 Å². The van der Waals surface area contributed by atoms with E-state index in [1.54, 1.807) is 12.3 Å². The van der Waals surface area contributed by atoms with Crippen molar-refractivity contribution in [2.45, 2.75) is 31.6 Å². The van der Waals surface area contributed by atoms with Crippen molar-refractivity contribution < 1.29 is 18.7 Å². The van der Waals surface area contributed by atoms with E-state index in [2.05, 4.69) is 0 Å². The van der Waals surface area contributed by atoms with Crippen LogP contribution >= 0.6 is 0 Å². The number of carbonyl (C=O) groups is 2. The molecule has 1 heterocycles. The van der Waals surface area contributed by atoms with E-state index in [1.807, 2.05) is 6.07 Å². The highest BCUT2D eigenvalue weighted by Crippen LogP contribution is 2.36. The third kappa shape index (κ3) is 2.57. The van der Waals surface area contributed by atoms with Crippen LogP contribution in [0, 0.1) is 5.92 Å². The van der Waals surface area contributed by atoms with Crippen molar-refractivity contribution in [1.29, 1.82) is 0 Å². The Hall–Kier alpha value is -1.58. The number of hydrogen-bond donors (Lipinski definition) is 0. The van der Waals surface area contributed by atoms with Gasteiger partial charge in [-0.05, 0) is 25.0 Å². The Morgan fingerprint density at radius 2 is 2.35 bits per heavy atom. The van der Waals surface area contributed by atoms with E-state index >= 15 is 0 Å². The van der Waals surface area contributed by atoms with Crippen molar-refractivity contribution >= 4 is 11.8 Å². The predicted octanol–water partition coefficient (Wildman–Crippen LogP) is 2.30. The molecule has 17 heavy (non-hydrogen) atoms. The summed E-state index contributed by atoms with van der Waals surface area (Å²) in [7, 11) is 1.38. The molecule has 1 aliphatic rings. The summed E-state index contributed by atoms with van der Waals surface area (Å²) in [4.78, 5) is 23.4. The van der Waals surface area contributed by atoms with Crippen LogP contribution in [0.2, 0.25) is 0 Å². The SMILES string of the molecule is COC(=O)[C@H]1CCCC(=O)C[C@@H]1c1ccco1. The summed E-state index contributed by atoms with van der Waals surface area (Å²) in [6.07, 6.45) is 3.91. The van der Waals surface area contributed by atoms with Gasteiger partial charge < -0.3 is 9.15 Å². The number of carbonyl (C=O) groups excluding carboxylic acids is 2. The first kappa shape index (κ1) is 11.9. The van der Waals surface area contributed by atoms with Crippen molar-refractivity contribution in [1.82, 2.24) is 0 Å². The minimum atomic E-state index is -0.266. The third-order valence-corrected chi connectivity index (χ3v) is 3.32. The molecule has 0 unspecified atom stereocenters. The van der Waals surface area contributed by atoms with Gasteiger partial charge in [0.2, 0.25) is 0 Å². The second-order valence-electron chi connectivity index (χ2n) is 4.39. The topological polar surface area (TPSA) is 56.5 Å². The maximum absolute atomic E-state index is 11.8. The van der Waals surface area contributed by atoms with Crippen LogP contribution < -0.4 is 0 Å². The molecule has 0 N–H and O–H groups in total. The quantitative estimate of drug-likeness (QED) is 0.584. The third-order valence-electron chi connectivity index (χ3n) is 3.32. The molecular formula is C13H16O4. The second kappa shape index (κ2) is 5.17. The van der Waals surface area contributed by atoms with Gasteiger partial charge in [-0.2, -0.15) is 0 Å².